The van der Waals surface area contributed by atoms with Crippen LogP contribution in [-0.2, 0) is 0 Å². The average molecular weight is 644 g/mol. The van der Waals surface area contributed by atoms with Crippen LogP contribution in [0.3, 0.4) is 0 Å². The lowest BCUT2D eigenvalue weighted by molar-refractivity contribution is 0.669. The SMILES string of the molecule is c1ccc(-c2ccc3ccc(-c4ccc(N(c5cccc6c5oc5ccccc56)c5cccc6c5sc5ccccc56)cc4)cc3c2)cc1. The quantitative estimate of drug-likeness (QED) is 0.186. The minimum atomic E-state index is 0.884. The van der Waals surface area contributed by atoms with Crippen molar-refractivity contribution >= 4 is 81.3 Å². The molecule has 0 N–H and O–H groups in total. The maximum absolute atomic E-state index is 6.62. The molecule has 0 aliphatic heterocycles. The van der Waals surface area contributed by atoms with Gasteiger partial charge in [-0.05, 0) is 81.6 Å². The van der Waals surface area contributed by atoms with E-state index in [1.54, 1.807) is 0 Å². The van der Waals surface area contributed by atoms with Crippen LogP contribution in [0.2, 0.25) is 0 Å². The largest absolute Gasteiger partial charge is 0.454 e. The molecule has 0 spiro atoms. The Hall–Kier alpha value is -6.16. The zero-order valence-corrected chi connectivity index (χ0v) is 27.3. The van der Waals surface area contributed by atoms with Gasteiger partial charge in [0.2, 0.25) is 0 Å². The highest BCUT2D eigenvalue weighted by Gasteiger charge is 2.22. The van der Waals surface area contributed by atoms with E-state index in [9.17, 15) is 0 Å². The number of rotatable bonds is 5. The average Bonchev–Trinajstić information content (AvgIpc) is 3.75. The lowest BCUT2D eigenvalue weighted by atomic mass is 9.97. The third kappa shape index (κ3) is 4.62. The first-order chi connectivity index (χ1) is 24.3. The van der Waals surface area contributed by atoms with E-state index in [4.69, 9.17) is 4.42 Å². The number of thiophene rings is 1. The van der Waals surface area contributed by atoms with Crippen molar-refractivity contribution in [3.63, 3.8) is 0 Å². The van der Waals surface area contributed by atoms with Crippen molar-refractivity contribution in [2.75, 3.05) is 4.90 Å². The van der Waals surface area contributed by atoms with Crippen LogP contribution < -0.4 is 4.90 Å². The first-order valence-corrected chi connectivity index (χ1v) is 17.4. The van der Waals surface area contributed by atoms with Gasteiger partial charge in [0.15, 0.2) is 5.58 Å². The fourth-order valence-corrected chi connectivity index (χ4v) is 8.47. The molecule has 49 heavy (non-hydrogen) atoms. The predicted octanol–water partition coefficient (Wildman–Crippen LogP) is 13.9. The van der Waals surface area contributed by atoms with E-state index in [0.717, 1.165) is 39.0 Å². The van der Waals surface area contributed by atoms with Crippen LogP contribution in [-0.4, -0.2) is 0 Å². The van der Waals surface area contributed by atoms with Crippen LogP contribution in [0.4, 0.5) is 17.1 Å². The van der Waals surface area contributed by atoms with Gasteiger partial charge in [0.25, 0.3) is 0 Å². The molecule has 2 heterocycles. The summed E-state index contributed by atoms with van der Waals surface area (Å²) in [5, 5.41) is 7.26. The molecule has 10 rings (SSSR count). The van der Waals surface area contributed by atoms with E-state index >= 15 is 0 Å². The Kier molecular flexibility index (Phi) is 6.39. The molecule has 2 aromatic heterocycles. The fraction of sp³-hybridized carbons (Fsp3) is 0. The molecule has 0 radical (unpaired) electrons. The van der Waals surface area contributed by atoms with Crippen LogP contribution in [0.5, 0.6) is 0 Å². The molecule has 0 aliphatic rings. The third-order valence-corrected chi connectivity index (χ3v) is 10.9. The molecule has 0 fully saturated rings. The van der Waals surface area contributed by atoms with E-state index < -0.39 is 0 Å². The Morgan fingerprint density at radius 2 is 1.02 bits per heavy atom. The normalized spacial score (nSPS) is 11.7. The molecular formula is C46H29NOS. The predicted molar refractivity (Wildman–Crippen MR) is 210 cm³/mol. The van der Waals surface area contributed by atoms with Gasteiger partial charge in [-0.25, -0.2) is 0 Å². The van der Waals surface area contributed by atoms with Crippen LogP contribution in [0.1, 0.15) is 0 Å². The molecule has 0 aliphatic carbocycles. The van der Waals surface area contributed by atoms with Crippen molar-refractivity contribution in [1.29, 1.82) is 0 Å². The Labute approximate surface area is 287 Å². The molecule has 10 aromatic rings. The lowest BCUT2D eigenvalue weighted by Crippen LogP contribution is -2.10. The van der Waals surface area contributed by atoms with E-state index in [-0.39, 0.29) is 0 Å². The molecule has 0 bridgehead atoms. The van der Waals surface area contributed by atoms with E-state index in [1.165, 1.54) is 53.2 Å². The topological polar surface area (TPSA) is 16.4 Å². The third-order valence-electron chi connectivity index (χ3n) is 9.66. The van der Waals surface area contributed by atoms with Gasteiger partial charge < -0.3 is 9.32 Å². The van der Waals surface area contributed by atoms with Gasteiger partial charge in [0.1, 0.15) is 5.58 Å². The van der Waals surface area contributed by atoms with Crippen molar-refractivity contribution in [2.45, 2.75) is 0 Å². The van der Waals surface area contributed by atoms with Crippen LogP contribution >= 0.6 is 11.3 Å². The van der Waals surface area contributed by atoms with E-state index in [1.807, 2.05) is 17.4 Å². The van der Waals surface area contributed by atoms with Gasteiger partial charge in [-0.2, -0.15) is 0 Å². The van der Waals surface area contributed by atoms with Crippen molar-refractivity contribution in [3.05, 3.63) is 176 Å². The lowest BCUT2D eigenvalue weighted by Gasteiger charge is -2.26. The molecule has 0 amide bonds. The number of para-hydroxylation sites is 2. The first-order valence-electron chi connectivity index (χ1n) is 16.6. The van der Waals surface area contributed by atoms with Gasteiger partial charge in [-0.1, -0.05) is 127 Å². The second kappa shape index (κ2) is 11.2. The van der Waals surface area contributed by atoms with Crippen LogP contribution in [0, 0.1) is 0 Å². The molecule has 8 aromatic carbocycles. The summed E-state index contributed by atoms with van der Waals surface area (Å²) in [6, 6.07) is 63.2. The summed E-state index contributed by atoms with van der Waals surface area (Å²) >= 11 is 1.84. The maximum atomic E-state index is 6.62. The van der Waals surface area contributed by atoms with Crippen molar-refractivity contribution in [2.24, 2.45) is 0 Å². The summed E-state index contributed by atoms with van der Waals surface area (Å²) in [6.07, 6.45) is 0. The van der Waals surface area contributed by atoms with E-state index in [2.05, 4.69) is 175 Å². The summed E-state index contributed by atoms with van der Waals surface area (Å²) in [5.41, 5.74) is 9.85. The minimum Gasteiger partial charge on any atom is -0.454 e. The molecule has 0 saturated heterocycles. The van der Waals surface area contributed by atoms with Crippen LogP contribution in [0.25, 0.3) is 75.1 Å². The Bertz CT molecular complexity index is 2710. The number of fused-ring (bicyclic) bond motifs is 7. The first kappa shape index (κ1) is 27.9. The van der Waals surface area contributed by atoms with Gasteiger partial charge in [0, 0.05) is 31.9 Å². The number of anilines is 3. The minimum absolute atomic E-state index is 0.884. The number of furan rings is 1. The fourth-order valence-electron chi connectivity index (χ4n) is 7.26. The number of nitrogens with zero attached hydrogens (tertiary/aromatic N) is 1. The van der Waals surface area contributed by atoms with Crippen molar-refractivity contribution in [3.8, 4) is 22.3 Å². The summed E-state index contributed by atoms with van der Waals surface area (Å²) in [6.45, 7) is 0. The van der Waals surface area contributed by atoms with Gasteiger partial charge >= 0.3 is 0 Å². The van der Waals surface area contributed by atoms with Gasteiger partial charge in [-0.3, -0.25) is 0 Å². The zero-order valence-electron chi connectivity index (χ0n) is 26.5. The zero-order chi connectivity index (χ0) is 32.3. The Morgan fingerprint density at radius 1 is 0.408 bits per heavy atom. The van der Waals surface area contributed by atoms with E-state index in [0.29, 0.717) is 0 Å². The maximum Gasteiger partial charge on any atom is 0.159 e. The summed E-state index contributed by atoms with van der Waals surface area (Å²) in [7, 11) is 0. The van der Waals surface area contributed by atoms with Crippen LogP contribution in [0.15, 0.2) is 180 Å². The molecule has 230 valence electrons. The van der Waals surface area contributed by atoms with Gasteiger partial charge in [0.05, 0.1) is 16.1 Å². The highest BCUT2D eigenvalue weighted by atomic mass is 32.1. The summed E-state index contributed by atoms with van der Waals surface area (Å²) < 4.78 is 9.16. The number of hydrogen-bond donors (Lipinski definition) is 0. The summed E-state index contributed by atoms with van der Waals surface area (Å²) in [5.74, 6) is 0. The highest BCUT2D eigenvalue weighted by Crippen LogP contribution is 2.47. The Balaban J connectivity index is 1.13. The molecule has 2 nitrogen and oxygen atoms in total. The van der Waals surface area contributed by atoms with Crippen molar-refractivity contribution in [1.82, 2.24) is 0 Å². The molecular weight excluding hydrogens is 615 g/mol. The monoisotopic (exact) mass is 643 g/mol. The summed E-state index contributed by atoms with van der Waals surface area (Å²) in [4.78, 5) is 2.37. The molecule has 3 heteroatoms. The molecule has 0 unspecified atom stereocenters. The standard InChI is InChI=1S/C46H29NOS/c1-2-10-30(11-3-1)33-22-20-32-21-23-34(29-35(32)28-33)31-24-26-36(27-25-31)47(41-16-8-14-39-37-12-4-6-18-43(37)48-45(39)41)42-17-9-15-40-38-13-5-7-19-44(38)49-46(40)42/h1-29H. The Morgan fingerprint density at radius 3 is 1.82 bits per heavy atom. The van der Waals surface area contributed by atoms with Gasteiger partial charge in [-0.15, -0.1) is 11.3 Å². The van der Waals surface area contributed by atoms with Crippen molar-refractivity contribution < 1.29 is 4.42 Å². The second-order valence-corrected chi connectivity index (χ2v) is 13.6. The number of benzene rings is 8. The highest BCUT2D eigenvalue weighted by molar-refractivity contribution is 7.26. The molecule has 0 saturated carbocycles. The number of hydrogen-bond acceptors (Lipinski definition) is 3. The molecule has 0 atom stereocenters. The smallest absolute Gasteiger partial charge is 0.159 e. The second-order valence-electron chi connectivity index (χ2n) is 12.5.